The number of nitrogens with one attached hydrogen (secondary N) is 2. The van der Waals surface area contributed by atoms with Gasteiger partial charge in [0.25, 0.3) is 0 Å². The van der Waals surface area contributed by atoms with Gasteiger partial charge < -0.3 is 14.5 Å². The molecule has 0 saturated carbocycles. The van der Waals surface area contributed by atoms with Gasteiger partial charge in [-0.1, -0.05) is 0 Å². The highest BCUT2D eigenvalue weighted by Gasteiger charge is 1.96. The molecule has 2 heterocycles. The maximum absolute atomic E-state index is 5.06. The normalized spacial score (nSPS) is 10.5. The van der Waals surface area contributed by atoms with Crippen molar-refractivity contribution in [3.05, 3.63) is 35.4 Å². The van der Waals surface area contributed by atoms with E-state index >= 15 is 0 Å². The number of rotatable bonds is 3. The molecule has 0 spiro atoms. The van der Waals surface area contributed by atoms with Crippen LogP contribution in [0.4, 0.5) is 0 Å². The van der Waals surface area contributed by atoms with E-state index in [4.69, 9.17) is 12.2 Å². The summed E-state index contributed by atoms with van der Waals surface area (Å²) in [5.74, 6) is 0.989. The highest BCUT2D eigenvalue weighted by Crippen LogP contribution is 1.96. The predicted octanol–water partition coefficient (Wildman–Crippen LogP) is 1.51. The van der Waals surface area contributed by atoms with Gasteiger partial charge in [-0.2, -0.15) is 0 Å². The lowest BCUT2D eigenvalue weighted by atomic mass is 10.4. The first-order valence-electron chi connectivity index (χ1n) is 4.08. The molecule has 0 fully saturated rings. The molecule has 2 aromatic rings. The smallest absolute Gasteiger partial charge is 0.177 e. The predicted molar refractivity (Wildman–Crippen MR) is 51.9 cm³/mol. The Morgan fingerprint density at radius 2 is 2.31 bits per heavy atom. The van der Waals surface area contributed by atoms with E-state index in [1.54, 1.807) is 6.20 Å². The van der Waals surface area contributed by atoms with Gasteiger partial charge in [0, 0.05) is 37.8 Å². The Labute approximate surface area is 80.6 Å². The molecule has 13 heavy (non-hydrogen) atoms. The van der Waals surface area contributed by atoms with E-state index < -0.39 is 0 Å². The Kier molecular flexibility index (Phi) is 2.27. The Morgan fingerprint density at radius 1 is 1.38 bits per heavy atom. The number of imidazole rings is 2. The summed E-state index contributed by atoms with van der Waals surface area (Å²) in [6, 6.07) is 0. The van der Waals surface area contributed by atoms with Crippen LogP contribution in [0.2, 0.25) is 0 Å². The van der Waals surface area contributed by atoms with Gasteiger partial charge in [0.1, 0.15) is 5.82 Å². The zero-order chi connectivity index (χ0) is 9.10. The Hall–Kier alpha value is -1.36. The highest BCUT2D eigenvalue weighted by molar-refractivity contribution is 7.71. The quantitative estimate of drug-likeness (QED) is 0.728. The second-order valence-corrected chi connectivity index (χ2v) is 3.13. The number of aromatic amines is 2. The zero-order valence-electron chi connectivity index (χ0n) is 7.03. The standard InChI is InChI=1S/C8H10N4S/c13-8-11-4-6-12(8)5-1-7-9-2-3-10-7/h2-4,6H,1,5H2,(H,9,10)(H,11,13). The molecule has 0 aliphatic carbocycles. The third-order valence-electron chi connectivity index (χ3n) is 1.87. The van der Waals surface area contributed by atoms with Crippen LogP contribution < -0.4 is 0 Å². The maximum Gasteiger partial charge on any atom is 0.177 e. The van der Waals surface area contributed by atoms with Crippen LogP contribution in [0, 0.1) is 4.77 Å². The Morgan fingerprint density at radius 3 is 2.92 bits per heavy atom. The minimum atomic E-state index is 0.756. The molecule has 5 heteroatoms. The summed E-state index contributed by atoms with van der Waals surface area (Å²) in [4.78, 5) is 10.1. The molecule has 0 aliphatic heterocycles. The van der Waals surface area contributed by atoms with Gasteiger partial charge in [-0.15, -0.1) is 0 Å². The topological polar surface area (TPSA) is 49.4 Å². The van der Waals surface area contributed by atoms with E-state index in [2.05, 4.69) is 15.0 Å². The van der Waals surface area contributed by atoms with Crippen molar-refractivity contribution in [3.63, 3.8) is 0 Å². The largest absolute Gasteiger partial charge is 0.349 e. The first kappa shape index (κ1) is 8.25. The van der Waals surface area contributed by atoms with E-state index in [1.165, 1.54) is 0 Å². The van der Waals surface area contributed by atoms with Gasteiger partial charge in [-0.25, -0.2) is 4.98 Å². The van der Waals surface area contributed by atoms with Crippen molar-refractivity contribution in [1.82, 2.24) is 19.5 Å². The molecule has 0 atom stereocenters. The van der Waals surface area contributed by atoms with Gasteiger partial charge >= 0.3 is 0 Å². The van der Waals surface area contributed by atoms with Crippen molar-refractivity contribution < 1.29 is 0 Å². The van der Waals surface area contributed by atoms with Gasteiger partial charge in [0.2, 0.25) is 0 Å². The number of aryl methyl sites for hydroxylation is 2. The molecule has 0 aliphatic rings. The summed E-state index contributed by atoms with van der Waals surface area (Å²) in [6.45, 7) is 0.857. The lowest BCUT2D eigenvalue weighted by Crippen LogP contribution is -2.01. The van der Waals surface area contributed by atoms with Crippen LogP contribution in [0.25, 0.3) is 0 Å². The van der Waals surface area contributed by atoms with Gasteiger partial charge in [0.05, 0.1) is 0 Å². The summed E-state index contributed by atoms with van der Waals surface area (Å²) >= 11 is 5.06. The van der Waals surface area contributed by atoms with Crippen LogP contribution in [0.15, 0.2) is 24.8 Å². The fourth-order valence-corrected chi connectivity index (χ4v) is 1.41. The fraction of sp³-hybridized carbons (Fsp3) is 0.250. The molecule has 2 N–H and O–H groups in total. The molecule has 0 unspecified atom stereocenters. The van der Waals surface area contributed by atoms with Crippen molar-refractivity contribution >= 4 is 12.2 Å². The summed E-state index contributed by atoms with van der Waals surface area (Å²) in [6.07, 6.45) is 8.23. The molecule has 0 amide bonds. The number of nitrogens with zero attached hydrogens (tertiary/aromatic N) is 2. The lowest BCUT2D eigenvalue weighted by Gasteiger charge is -1.98. The van der Waals surface area contributed by atoms with Crippen LogP contribution in [-0.4, -0.2) is 19.5 Å². The molecule has 0 aromatic carbocycles. The number of hydrogen-bond acceptors (Lipinski definition) is 2. The van der Waals surface area contributed by atoms with Crippen molar-refractivity contribution in [2.45, 2.75) is 13.0 Å². The molecule has 4 nitrogen and oxygen atoms in total. The summed E-state index contributed by atoms with van der Waals surface area (Å²) in [5, 5.41) is 0. The van der Waals surface area contributed by atoms with E-state index in [0.717, 1.165) is 23.6 Å². The molecule has 0 radical (unpaired) electrons. The molecular weight excluding hydrogens is 184 g/mol. The SMILES string of the molecule is S=c1[nH]ccn1CCc1ncc[nH]1. The summed E-state index contributed by atoms with van der Waals surface area (Å²) in [7, 11) is 0. The van der Waals surface area contributed by atoms with Gasteiger partial charge in [0.15, 0.2) is 4.77 Å². The summed E-state index contributed by atoms with van der Waals surface area (Å²) < 4.78 is 2.74. The fourth-order valence-electron chi connectivity index (χ4n) is 1.19. The van der Waals surface area contributed by atoms with Crippen molar-refractivity contribution in [2.24, 2.45) is 0 Å². The first-order valence-corrected chi connectivity index (χ1v) is 4.49. The third kappa shape index (κ3) is 1.86. The number of hydrogen-bond donors (Lipinski definition) is 2. The Bertz CT molecular complexity index is 411. The second kappa shape index (κ2) is 3.57. The molecule has 0 saturated heterocycles. The monoisotopic (exact) mass is 194 g/mol. The Balaban J connectivity index is 2.01. The van der Waals surface area contributed by atoms with E-state index in [-0.39, 0.29) is 0 Å². The molecule has 2 rings (SSSR count). The van der Waals surface area contributed by atoms with Crippen LogP contribution in [-0.2, 0) is 13.0 Å². The molecular formula is C8H10N4S. The first-order chi connectivity index (χ1) is 6.36. The van der Waals surface area contributed by atoms with Crippen molar-refractivity contribution in [2.75, 3.05) is 0 Å². The van der Waals surface area contributed by atoms with Crippen LogP contribution in [0.3, 0.4) is 0 Å². The third-order valence-corrected chi connectivity index (χ3v) is 2.22. The molecule has 0 bridgehead atoms. The van der Waals surface area contributed by atoms with Crippen LogP contribution >= 0.6 is 12.2 Å². The minimum Gasteiger partial charge on any atom is -0.349 e. The second-order valence-electron chi connectivity index (χ2n) is 2.74. The van der Waals surface area contributed by atoms with E-state index in [0.29, 0.717) is 0 Å². The van der Waals surface area contributed by atoms with Crippen LogP contribution in [0.1, 0.15) is 5.82 Å². The van der Waals surface area contributed by atoms with E-state index in [9.17, 15) is 0 Å². The number of H-pyrrole nitrogens is 2. The average molecular weight is 194 g/mol. The highest BCUT2D eigenvalue weighted by atomic mass is 32.1. The minimum absolute atomic E-state index is 0.756. The zero-order valence-corrected chi connectivity index (χ0v) is 7.84. The van der Waals surface area contributed by atoms with Gasteiger partial charge in [-0.05, 0) is 12.2 Å². The molecule has 2 aromatic heterocycles. The molecule has 68 valence electrons. The van der Waals surface area contributed by atoms with Crippen LogP contribution in [0.5, 0.6) is 0 Å². The van der Waals surface area contributed by atoms with Crippen molar-refractivity contribution in [3.8, 4) is 0 Å². The lowest BCUT2D eigenvalue weighted by molar-refractivity contribution is 0.668. The summed E-state index contributed by atoms with van der Waals surface area (Å²) in [5.41, 5.74) is 0. The average Bonchev–Trinajstić information content (AvgIpc) is 2.72. The van der Waals surface area contributed by atoms with Crippen molar-refractivity contribution in [1.29, 1.82) is 0 Å². The van der Waals surface area contributed by atoms with Gasteiger partial charge in [-0.3, -0.25) is 0 Å². The maximum atomic E-state index is 5.06. The van der Waals surface area contributed by atoms with E-state index in [1.807, 2.05) is 23.2 Å². The number of aromatic nitrogens is 4.